The summed E-state index contributed by atoms with van der Waals surface area (Å²) in [5, 5.41) is 6.06. The summed E-state index contributed by atoms with van der Waals surface area (Å²) in [6.07, 6.45) is -6.06. The summed E-state index contributed by atoms with van der Waals surface area (Å²) < 4.78 is 78.8. The molecule has 28 heavy (non-hydrogen) atoms. The maximum atomic E-state index is 12.9. The largest absolute Gasteiger partial charge is 0.416 e. The molecule has 1 N–H and O–H groups in total. The third kappa shape index (κ3) is 4.27. The molecule has 0 radical (unpaired) electrons. The first-order chi connectivity index (χ1) is 13.0. The Kier molecular flexibility index (Phi) is 4.79. The van der Waals surface area contributed by atoms with Crippen molar-refractivity contribution in [2.75, 3.05) is 5.32 Å². The van der Waals surface area contributed by atoms with Gasteiger partial charge in [-0.2, -0.15) is 31.4 Å². The summed E-state index contributed by atoms with van der Waals surface area (Å²) >= 11 is 0. The molecule has 0 unspecified atom stereocenters. The molecular formula is C16H9F6N5O. The first kappa shape index (κ1) is 19.3. The molecular weight excluding hydrogens is 392 g/mol. The van der Waals surface area contributed by atoms with Crippen molar-refractivity contribution in [3.63, 3.8) is 0 Å². The molecule has 1 amide bonds. The Morgan fingerprint density at radius 1 is 0.929 bits per heavy atom. The van der Waals surface area contributed by atoms with Crippen molar-refractivity contribution < 1.29 is 31.1 Å². The van der Waals surface area contributed by atoms with Gasteiger partial charge in [-0.3, -0.25) is 4.79 Å². The van der Waals surface area contributed by atoms with Crippen LogP contribution in [0, 0.1) is 0 Å². The third-order valence-electron chi connectivity index (χ3n) is 3.48. The van der Waals surface area contributed by atoms with E-state index in [-0.39, 0.29) is 17.7 Å². The maximum absolute atomic E-state index is 12.9. The monoisotopic (exact) mass is 401 g/mol. The van der Waals surface area contributed by atoms with Gasteiger partial charge >= 0.3 is 12.4 Å². The first-order valence-electron chi connectivity index (χ1n) is 7.47. The smallest absolute Gasteiger partial charge is 0.306 e. The number of amides is 1. The molecule has 0 aliphatic heterocycles. The number of halogens is 6. The van der Waals surface area contributed by atoms with Gasteiger partial charge in [0.1, 0.15) is 12.1 Å². The van der Waals surface area contributed by atoms with E-state index in [0.717, 1.165) is 6.33 Å². The minimum Gasteiger partial charge on any atom is -0.306 e. The molecule has 0 aliphatic carbocycles. The van der Waals surface area contributed by atoms with E-state index in [2.05, 4.69) is 20.4 Å². The van der Waals surface area contributed by atoms with E-state index >= 15 is 0 Å². The number of nitrogens with one attached hydrogen (secondary N) is 1. The number of anilines is 1. The molecule has 3 rings (SSSR count). The third-order valence-corrected chi connectivity index (χ3v) is 3.48. The number of benzene rings is 1. The second kappa shape index (κ2) is 6.94. The number of hydrogen-bond donors (Lipinski definition) is 1. The summed E-state index contributed by atoms with van der Waals surface area (Å²) in [6, 6.07) is 3.46. The fourth-order valence-corrected chi connectivity index (χ4v) is 2.22. The summed E-state index contributed by atoms with van der Waals surface area (Å²) in [5.74, 6) is -1.09. The first-order valence-corrected chi connectivity index (χ1v) is 7.47. The molecule has 2 aromatic heterocycles. The van der Waals surface area contributed by atoms with E-state index in [4.69, 9.17) is 0 Å². The average molecular weight is 401 g/mol. The highest BCUT2D eigenvalue weighted by atomic mass is 19.4. The number of carbonyl (C=O) groups is 1. The zero-order chi connectivity index (χ0) is 20.5. The maximum Gasteiger partial charge on any atom is 0.416 e. The minimum atomic E-state index is -5.06. The van der Waals surface area contributed by atoms with Crippen LogP contribution < -0.4 is 5.32 Å². The zero-order valence-electron chi connectivity index (χ0n) is 13.6. The lowest BCUT2D eigenvalue weighted by molar-refractivity contribution is -0.143. The van der Waals surface area contributed by atoms with Crippen LogP contribution in [-0.4, -0.2) is 25.7 Å². The van der Waals surface area contributed by atoms with E-state index < -0.39 is 35.0 Å². The van der Waals surface area contributed by atoms with Crippen molar-refractivity contribution in [3.05, 3.63) is 65.7 Å². The van der Waals surface area contributed by atoms with Crippen LogP contribution in [-0.2, 0) is 12.4 Å². The minimum absolute atomic E-state index is 0.0582. The van der Waals surface area contributed by atoms with Gasteiger partial charge in [0.15, 0.2) is 5.82 Å². The van der Waals surface area contributed by atoms with Gasteiger partial charge in [-0.25, -0.2) is 14.6 Å². The summed E-state index contributed by atoms with van der Waals surface area (Å²) in [5.41, 5.74) is -4.00. The van der Waals surface area contributed by atoms with Crippen LogP contribution in [0.3, 0.4) is 0 Å². The van der Waals surface area contributed by atoms with Crippen molar-refractivity contribution in [2.24, 2.45) is 0 Å². The molecule has 0 fully saturated rings. The van der Waals surface area contributed by atoms with Gasteiger partial charge in [0.25, 0.3) is 5.91 Å². The Morgan fingerprint density at radius 3 is 2.11 bits per heavy atom. The SMILES string of the molecule is O=C(Nc1cc(-n2cccn2)ncn1)c1cc(C(F)(F)F)cc(C(F)(F)F)c1. The number of carbonyl (C=O) groups excluding carboxylic acids is 1. The Bertz CT molecular complexity index is 965. The normalized spacial score (nSPS) is 12.1. The fourth-order valence-electron chi connectivity index (χ4n) is 2.22. The number of rotatable bonds is 3. The van der Waals surface area contributed by atoms with Crippen LogP contribution >= 0.6 is 0 Å². The van der Waals surface area contributed by atoms with Gasteiger partial charge < -0.3 is 5.32 Å². The van der Waals surface area contributed by atoms with Gasteiger partial charge in [-0.15, -0.1) is 0 Å². The lowest BCUT2D eigenvalue weighted by Gasteiger charge is -2.14. The van der Waals surface area contributed by atoms with E-state index in [1.807, 2.05) is 0 Å². The van der Waals surface area contributed by atoms with E-state index in [9.17, 15) is 31.1 Å². The molecule has 6 nitrogen and oxygen atoms in total. The molecule has 3 aromatic rings. The highest BCUT2D eigenvalue weighted by Gasteiger charge is 2.37. The molecule has 0 spiro atoms. The highest BCUT2D eigenvalue weighted by Crippen LogP contribution is 2.36. The van der Waals surface area contributed by atoms with E-state index in [1.165, 1.54) is 23.1 Å². The van der Waals surface area contributed by atoms with Crippen LogP contribution in [0.2, 0.25) is 0 Å². The Hall–Kier alpha value is -3.44. The van der Waals surface area contributed by atoms with Crippen LogP contribution in [0.4, 0.5) is 32.2 Å². The Balaban J connectivity index is 1.93. The molecule has 0 saturated carbocycles. The molecule has 0 aliphatic rings. The Morgan fingerprint density at radius 2 is 1.57 bits per heavy atom. The van der Waals surface area contributed by atoms with Crippen molar-refractivity contribution in [3.8, 4) is 5.82 Å². The van der Waals surface area contributed by atoms with Gasteiger partial charge in [0.2, 0.25) is 0 Å². The van der Waals surface area contributed by atoms with E-state index in [0.29, 0.717) is 12.1 Å². The van der Waals surface area contributed by atoms with Crippen LogP contribution in [0.25, 0.3) is 5.82 Å². The lowest BCUT2D eigenvalue weighted by atomic mass is 10.0. The fraction of sp³-hybridized carbons (Fsp3) is 0.125. The molecule has 0 bridgehead atoms. The van der Waals surface area contributed by atoms with Gasteiger partial charge in [0, 0.05) is 24.0 Å². The zero-order valence-corrected chi connectivity index (χ0v) is 13.6. The van der Waals surface area contributed by atoms with Crippen LogP contribution in [0.15, 0.2) is 49.1 Å². The number of alkyl halides is 6. The van der Waals surface area contributed by atoms with Crippen LogP contribution in [0.1, 0.15) is 21.5 Å². The van der Waals surface area contributed by atoms with Crippen molar-refractivity contribution in [1.29, 1.82) is 0 Å². The van der Waals surface area contributed by atoms with Crippen molar-refractivity contribution in [2.45, 2.75) is 12.4 Å². The highest BCUT2D eigenvalue weighted by molar-refractivity contribution is 6.04. The number of nitrogens with zero attached hydrogens (tertiary/aromatic N) is 4. The lowest BCUT2D eigenvalue weighted by Crippen LogP contribution is -2.18. The summed E-state index contributed by atoms with van der Waals surface area (Å²) in [7, 11) is 0. The molecule has 1 aromatic carbocycles. The van der Waals surface area contributed by atoms with E-state index in [1.54, 1.807) is 6.07 Å². The molecule has 0 saturated heterocycles. The second-order valence-electron chi connectivity index (χ2n) is 5.46. The molecule has 146 valence electrons. The predicted octanol–water partition coefficient (Wildman–Crippen LogP) is 3.95. The van der Waals surface area contributed by atoms with Gasteiger partial charge in [0.05, 0.1) is 11.1 Å². The standard InChI is InChI=1S/C16H9F6N5O/c17-15(18,19)10-4-9(5-11(6-10)16(20,21)22)14(28)26-12-7-13(24-8-23-12)27-3-1-2-25-27/h1-8H,(H,23,24,26,28). The Labute approximate surface area is 152 Å². The topological polar surface area (TPSA) is 72.7 Å². The van der Waals surface area contributed by atoms with Gasteiger partial charge in [-0.1, -0.05) is 0 Å². The second-order valence-corrected chi connectivity index (χ2v) is 5.46. The van der Waals surface area contributed by atoms with Gasteiger partial charge in [-0.05, 0) is 24.3 Å². The summed E-state index contributed by atoms with van der Waals surface area (Å²) in [4.78, 5) is 19.9. The molecule has 2 heterocycles. The van der Waals surface area contributed by atoms with Crippen molar-refractivity contribution in [1.82, 2.24) is 19.7 Å². The predicted molar refractivity (Wildman–Crippen MR) is 83.6 cm³/mol. The average Bonchev–Trinajstić information content (AvgIpc) is 3.15. The number of hydrogen-bond acceptors (Lipinski definition) is 4. The molecule has 12 heteroatoms. The molecule has 0 atom stereocenters. The summed E-state index contributed by atoms with van der Waals surface area (Å²) in [6.45, 7) is 0. The number of aromatic nitrogens is 4. The van der Waals surface area contributed by atoms with Crippen LogP contribution in [0.5, 0.6) is 0 Å². The quantitative estimate of drug-likeness (QED) is 0.675. The van der Waals surface area contributed by atoms with Crippen molar-refractivity contribution >= 4 is 11.7 Å².